The molecule has 0 spiro atoms. The number of ether oxygens (including phenoxy) is 2. The minimum Gasteiger partial charge on any atom is -0.462 e. The molecule has 4 rings (SSSR count). The number of piperazine rings is 1. The highest BCUT2D eigenvalue weighted by molar-refractivity contribution is 5.18. The zero-order valence-electron chi connectivity index (χ0n) is 17.2. The van der Waals surface area contributed by atoms with E-state index in [9.17, 15) is 0 Å². The highest BCUT2D eigenvalue weighted by Gasteiger charge is 2.25. The Morgan fingerprint density at radius 3 is 2.10 bits per heavy atom. The van der Waals surface area contributed by atoms with Crippen molar-refractivity contribution >= 4 is 0 Å². The van der Waals surface area contributed by atoms with Gasteiger partial charge in [0.05, 0.1) is 0 Å². The number of hydrogen-bond acceptors (Lipinski definition) is 4. The second kappa shape index (κ2) is 10.5. The van der Waals surface area contributed by atoms with E-state index in [1.54, 1.807) is 0 Å². The maximum absolute atomic E-state index is 5.75. The first-order valence-corrected chi connectivity index (χ1v) is 10.8. The van der Waals surface area contributed by atoms with Gasteiger partial charge in [-0.25, -0.2) is 0 Å². The third kappa shape index (κ3) is 6.09. The lowest BCUT2D eigenvalue weighted by atomic mass is 9.96. The van der Waals surface area contributed by atoms with Gasteiger partial charge in [-0.15, -0.1) is 0 Å². The first-order chi connectivity index (χ1) is 14.4. The molecule has 0 radical (unpaired) electrons. The zero-order valence-corrected chi connectivity index (χ0v) is 17.2. The van der Waals surface area contributed by atoms with Crippen LogP contribution in [0.15, 0.2) is 72.7 Å². The van der Waals surface area contributed by atoms with Gasteiger partial charge in [0.15, 0.2) is 0 Å². The predicted molar refractivity (Wildman–Crippen MR) is 116 cm³/mol. The molecule has 0 saturated carbocycles. The molecule has 2 aromatic rings. The fourth-order valence-corrected chi connectivity index (χ4v) is 4.28. The van der Waals surface area contributed by atoms with Gasteiger partial charge in [-0.2, -0.15) is 0 Å². The van der Waals surface area contributed by atoms with E-state index in [0.29, 0.717) is 12.7 Å². The largest absolute Gasteiger partial charge is 0.462 e. The summed E-state index contributed by atoms with van der Waals surface area (Å²) in [5.74, 6) is 1.35. The lowest BCUT2D eigenvalue weighted by Gasteiger charge is -2.36. The fourth-order valence-electron chi connectivity index (χ4n) is 4.28. The van der Waals surface area contributed by atoms with Crippen molar-refractivity contribution in [2.45, 2.75) is 19.3 Å². The summed E-state index contributed by atoms with van der Waals surface area (Å²) in [5.41, 5.74) is 2.80. The minimum atomic E-state index is 0.351. The average molecular weight is 393 g/mol. The molecule has 1 fully saturated rings. The summed E-state index contributed by atoms with van der Waals surface area (Å²) < 4.78 is 11.1. The molecule has 0 aliphatic carbocycles. The Bertz CT molecular complexity index is 755. The monoisotopic (exact) mass is 392 g/mol. The molecule has 4 heteroatoms. The van der Waals surface area contributed by atoms with Crippen LogP contribution in [0.2, 0.25) is 0 Å². The molecular formula is C25H32N2O2. The van der Waals surface area contributed by atoms with Gasteiger partial charge >= 0.3 is 0 Å². The van der Waals surface area contributed by atoms with Gasteiger partial charge in [0.25, 0.3) is 0 Å². The first kappa shape index (κ1) is 20.0. The van der Waals surface area contributed by atoms with Gasteiger partial charge in [-0.3, -0.25) is 0 Å². The Kier molecular flexibility index (Phi) is 7.22. The van der Waals surface area contributed by atoms with E-state index in [0.717, 1.165) is 44.9 Å². The van der Waals surface area contributed by atoms with Crippen LogP contribution in [0.25, 0.3) is 0 Å². The molecule has 0 aromatic heterocycles. The van der Waals surface area contributed by atoms with Crippen LogP contribution in [-0.4, -0.2) is 55.9 Å². The summed E-state index contributed by atoms with van der Waals surface area (Å²) in [6, 6.07) is 21.5. The minimum absolute atomic E-state index is 0.351. The van der Waals surface area contributed by atoms with Crippen molar-refractivity contribution in [2.24, 2.45) is 5.92 Å². The molecule has 1 unspecified atom stereocenters. The molecule has 2 aromatic carbocycles. The summed E-state index contributed by atoms with van der Waals surface area (Å²) >= 11 is 0. The third-order valence-corrected chi connectivity index (χ3v) is 5.95. The molecule has 2 aliphatic heterocycles. The van der Waals surface area contributed by atoms with Crippen molar-refractivity contribution in [1.82, 2.24) is 9.80 Å². The maximum Gasteiger partial charge on any atom is 0.229 e. The first-order valence-electron chi connectivity index (χ1n) is 10.8. The Hall–Kier alpha value is -2.30. The van der Waals surface area contributed by atoms with E-state index in [1.807, 2.05) is 6.26 Å². The van der Waals surface area contributed by atoms with E-state index >= 15 is 0 Å². The Labute approximate surface area is 174 Å². The van der Waals surface area contributed by atoms with Crippen LogP contribution >= 0.6 is 0 Å². The van der Waals surface area contributed by atoms with Crippen LogP contribution in [-0.2, 0) is 22.3 Å². The third-order valence-electron chi connectivity index (χ3n) is 5.95. The normalized spacial score (nSPS) is 18.7. The molecule has 0 bridgehead atoms. The van der Waals surface area contributed by atoms with E-state index in [2.05, 4.69) is 70.5 Å². The average Bonchev–Trinajstić information content (AvgIpc) is 3.31. The van der Waals surface area contributed by atoms with Crippen LogP contribution in [0.5, 0.6) is 0 Å². The Morgan fingerprint density at radius 2 is 1.45 bits per heavy atom. The van der Waals surface area contributed by atoms with Gasteiger partial charge in [0.1, 0.15) is 12.0 Å². The van der Waals surface area contributed by atoms with Crippen LogP contribution < -0.4 is 0 Å². The van der Waals surface area contributed by atoms with Gasteiger partial charge < -0.3 is 19.3 Å². The molecule has 29 heavy (non-hydrogen) atoms. The van der Waals surface area contributed by atoms with E-state index in [4.69, 9.17) is 9.47 Å². The number of hydrogen-bond donors (Lipinski definition) is 0. The van der Waals surface area contributed by atoms with Crippen LogP contribution in [0, 0.1) is 5.92 Å². The lowest BCUT2D eigenvalue weighted by Crippen LogP contribution is -2.48. The summed E-state index contributed by atoms with van der Waals surface area (Å²) in [6.07, 6.45) is 5.21. The SMILES string of the molecule is C1=C(C(Cc2ccccc2)CN2CCN(CCCc3ccccc3)CC2)OCO1. The molecule has 4 nitrogen and oxygen atoms in total. The molecule has 1 saturated heterocycles. The maximum atomic E-state index is 5.75. The summed E-state index contributed by atoms with van der Waals surface area (Å²) in [6.45, 7) is 7.15. The molecule has 0 N–H and O–H groups in total. The number of aryl methyl sites for hydroxylation is 1. The lowest BCUT2D eigenvalue weighted by molar-refractivity contribution is 0.0611. The zero-order chi connectivity index (χ0) is 19.7. The fraction of sp³-hybridized carbons (Fsp3) is 0.440. The Balaban J connectivity index is 1.23. The topological polar surface area (TPSA) is 24.9 Å². The molecule has 2 aliphatic rings. The van der Waals surface area contributed by atoms with E-state index < -0.39 is 0 Å². The summed E-state index contributed by atoms with van der Waals surface area (Å²) in [4.78, 5) is 5.20. The van der Waals surface area contributed by atoms with Crippen molar-refractivity contribution in [3.05, 3.63) is 83.8 Å². The number of benzene rings is 2. The molecule has 0 amide bonds. The highest BCUT2D eigenvalue weighted by atomic mass is 16.7. The van der Waals surface area contributed by atoms with Crippen molar-refractivity contribution in [2.75, 3.05) is 46.1 Å². The quantitative estimate of drug-likeness (QED) is 0.645. The Morgan fingerprint density at radius 1 is 0.793 bits per heavy atom. The summed E-state index contributed by atoms with van der Waals surface area (Å²) in [5, 5.41) is 0. The van der Waals surface area contributed by atoms with Gasteiger partial charge in [0.2, 0.25) is 6.79 Å². The number of rotatable bonds is 9. The second-order valence-corrected chi connectivity index (χ2v) is 8.07. The van der Waals surface area contributed by atoms with Gasteiger partial charge in [-0.1, -0.05) is 60.7 Å². The molecule has 154 valence electrons. The second-order valence-electron chi connectivity index (χ2n) is 8.07. The van der Waals surface area contributed by atoms with Crippen molar-refractivity contribution < 1.29 is 9.47 Å². The van der Waals surface area contributed by atoms with Crippen LogP contribution in [0.1, 0.15) is 17.5 Å². The van der Waals surface area contributed by atoms with Crippen LogP contribution in [0.4, 0.5) is 0 Å². The standard InChI is InChI=1S/C25H32N2O2/c1-3-8-22(9-4-1)12-7-13-26-14-16-27(17-15-26)19-24(25-20-28-21-29-25)18-23-10-5-2-6-11-23/h1-6,8-11,20,24H,7,12-19,21H2. The number of nitrogens with zero attached hydrogens (tertiary/aromatic N) is 2. The van der Waals surface area contributed by atoms with Crippen molar-refractivity contribution in [1.29, 1.82) is 0 Å². The highest BCUT2D eigenvalue weighted by Crippen LogP contribution is 2.23. The van der Waals surface area contributed by atoms with E-state index in [-0.39, 0.29) is 0 Å². The van der Waals surface area contributed by atoms with Crippen LogP contribution in [0.3, 0.4) is 0 Å². The molecular weight excluding hydrogens is 360 g/mol. The molecule has 2 heterocycles. The van der Waals surface area contributed by atoms with Gasteiger partial charge in [0, 0.05) is 38.6 Å². The van der Waals surface area contributed by atoms with E-state index in [1.165, 1.54) is 30.5 Å². The summed E-state index contributed by atoms with van der Waals surface area (Å²) in [7, 11) is 0. The predicted octanol–water partition coefficient (Wildman–Crippen LogP) is 3.94. The van der Waals surface area contributed by atoms with Crippen molar-refractivity contribution in [3.8, 4) is 0 Å². The smallest absolute Gasteiger partial charge is 0.229 e. The van der Waals surface area contributed by atoms with Gasteiger partial charge in [-0.05, 0) is 36.9 Å². The van der Waals surface area contributed by atoms with Crippen molar-refractivity contribution in [3.63, 3.8) is 0 Å². The molecule has 1 atom stereocenters.